The molecule has 10 heteroatoms. The van der Waals surface area contributed by atoms with Crippen LogP contribution in [0, 0.1) is 0 Å². The third-order valence-electron chi connectivity index (χ3n) is 4.19. The van der Waals surface area contributed by atoms with E-state index in [2.05, 4.69) is 0 Å². The maximum atomic E-state index is 11.8. The molecular weight excluding hydrogens is 472 g/mol. The molecular formula is C26H28O10. The summed E-state index contributed by atoms with van der Waals surface area (Å²) in [6.07, 6.45) is 1.37. The summed E-state index contributed by atoms with van der Waals surface area (Å²) in [5.41, 5.74) is 0. The van der Waals surface area contributed by atoms with Crippen LogP contribution in [0.25, 0.3) is 0 Å². The minimum absolute atomic E-state index is 0.173. The van der Waals surface area contributed by atoms with Gasteiger partial charge >= 0.3 is 23.9 Å². The molecule has 2 rings (SSSR count). The Hall–Kier alpha value is -4.34. The van der Waals surface area contributed by atoms with Crippen molar-refractivity contribution < 1.29 is 47.6 Å². The molecule has 10 nitrogen and oxygen atoms in total. The van der Waals surface area contributed by atoms with Crippen LogP contribution in [0.15, 0.2) is 60.7 Å². The summed E-state index contributed by atoms with van der Waals surface area (Å²) < 4.78 is 30.5. The fourth-order valence-corrected chi connectivity index (χ4v) is 2.61. The Morgan fingerprint density at radius 1 is 0.583 bits per heavy atom. The molecule has 36 heavy (non-hydrogen) atoms. The summed E-state index contributed by atoms with van der Waals surface area (Å²) in [6.45, 7) is 4.31. The number of benzene rings is 2. The van der Waals surface area contributed by atoms with Crippen LogP contribution in [0.1, 0.15) is 26.7 Å². The quantitative estimate of drug-likeness (QED) is 0.216. The number of carbonyl (C=O) groups is 4. The monoisotopic (exact) mass is 500 g/mol. The summed E-state index contributed by atoms with van der Waals surface area (Å²) in [7, 11) is 0. The molecule has 0 bridgehead atoms. The molecule has 0 fully saturated rings. The van der Waals surface area contributed by atoms with Gasteiger partial charge in [-0.2, -0.15) is 0 Å². The fourth-order valence-electron chi connectivity index (χ4n) is 2.61. The normalized spacial score (nSPS) is 10.4. The van der Waals surface area contributed by atoms with Gasteiger partial charge in [0.05, 0.1) is 26.1 Å². The first kappa shape index (κ1) is 27.9. The molecule has 0 heterocycles. The lowest BCUT2D eigenvalue weighted by Crippen LogP contribution is -2.14. The van der Waals surface area contributed by atoms with Crippen molar-refractivity contribution in [2.45, 2.75) is 26.7 Å². The van der Waals surface area contributed by atoms with Gasteiger partial charge in [0.25, 0.3) is 0 Å². The van der Waals surface area contributed by atoms with E-state index in [0.29, 0.717) is 36.2 Å². The summed E-state index contributed by atoms with van der Waals surface area (Å²) in [5, 5.41) is 0. The highest BCUT2D eigenvalue weighted by Crippen LogP contribution is 2.19. The van der Waals surface area contributed by atoms with Crippen molar-refractivity contribution in [3.8, 4) is 23.0 Å². The minimum Gasteiger partial charge on any atom is -0.494 e. The van der Waals surface area contributed by atoms with Crippen molar-refractivity contribution in [1.82, 2.24) is 0 Å². The van der Waals surface area contributed by atoms with Gasteiger partial charge in [0.15, 0.2) is 0 Å². The Balaban J connectivity index is 1.58. The molecule has 0 atom stereocenters. The molecule has 2 aromatic carbocycles. The largest absolute Gasteiger partial charge is 0.494 e. The molecule has 0 aliphatic rings. The van der Waals surface area contributed by atoms with Gasteiger partial charge in [-0.15, -0.1) is 0 Å². The number of hydrogen-bond acceptors (Lipinski definition) is 10. The lowest BCUT2D eigenvalue weighted by molar-refractivity contribution is -0.144. The van der Waals surface area contributed by atoms with E-state index < -0.39 is 23.9 Å². The van der Waals surface area contributed by atoms with E-state index in [4.69, 9.17) is 28.4 Å². The first-order valence-corrected chi connectivity index (χ1v) is 11.3. The molecule has 0 saturated heterocycles. The predicted molar refractivity (Wildman–Crippen MR) is 127 cm³/mol. The molecule has 0 N–H and O–H groups in total. The first-order chi connectivity index (χ1) is 17.4. The molecule has 0 unspecified atom stereocenters. The van der Waals surface area contributed by atoms with E-state index >= 15 is 0 Å². The summed E-state index contributed by atoms with van der Waals surface area (Å²) in [4.78, 5) is 47.0. The Morgan fingerprint density at radius 2 is 0.917 bits per heavy atom. The average molecular weight is 501 g/mol. The second kappa shape index (κ2) is 15.5. The van der Waals surface area contributed by atoms with E-state index in [1.54, 1.807) is 48.5 Å². The van der Waals surface area contributed by atoms with Crippen molar-refractivity contribution in [2.75, 3.05) is 26.4 Å². The van der Waals surface area contributed by atoms with Crippen LogP contribution in [-0.2, 0) is 28.7 Å². The highest BCUT2D eigenvalue weighted by molar-refractivity contribution is 5.91. The number of esters is 4. The zero-order chi connectivity index (χ0) is 26.2. The zero-order valence-corrected chi connectivity index (χ0v) is 20.1. The molecule has 2 aromatic rings. The number of carbonyl (C=O) groups excluding carboxylic acids is 4. The van der Waals surface area contributed by atoms with Gasteiger partial charge in [-0.05, 0) is 62.4 Å². The smallest absolute Gasteiger partial charge is 0.331 e. The van der Waals surface area contributed by atoms with Crippen molar-refractivity contribution in [3.05, 3.63) is 60.7 Å². The SMILES string of the molecule is CCOc1ccc(OC(=O)CCOC(=O)/C=C\C(=O)OCCC(=O)Oc2ccc(OCC)cc2)cc1. The maximum Gasteiger partial charge on any atom is 0.331 e. The third kappa shape index (κ3) is 11.2. The zero-order valence-electron chi connectivity index (χ0n) is 20.1. The lowest BCUT2D eigenvalue weighted by atomic mass is 10.3. The van der Waals surface area contributed by atoms with E-state index in [1.165, 1.54) is 0 Å². The second-order valence-electron chi connectivity index (χ2n) is 6.93. The van der Waals surface area contributed by atoms with Crippen LogP contribution >= 0.6 is 0 Å². The fraction of sp³-hybridized carbons (Fsp3) is 0.308. The topological polar surface area (TPSA) is 124 Å². The number of hydrogen-bond donors (Lipinski definition) is 0. The highest BCUT2D eigenvalue weighted by Gasteiger charge is 2.09. The van der Waals surface area contributed by atoms with Gasteiger partial charge in [-0.1, -0.05) is 0 Å². The van der Waals surface area contributed by atoms with E-state index in [0.717, 1.165) is 12.2 Å². The summed E-state index contributed by atoms with van der Waals surface area (Å²) in [5.74, 6) is -0.881. The van der Waals surface area contributed by atoms with Gasteiger partial charge in [0.1, 0.15) is 36.2 Å². The molecule has 0 aliphatic carbocycles. The van der Waals surface area contributed by atoms with E-state index in [9.17, 15) is 19.2 Å². The van der Waals surface area contributed by atoms with Gasteiger partial charge in [-0.25, -0.2) is 9.59 Å². The van der Waals surface area contributed by atoms with Crippen LogP contribution in [0.4, 0.5) is 0 Å². The first-order valence-electron chi connectivity index (χ1n) is 11.3. The predicted octanol–water partition coefficient (Wildman–Crippen LogP) is 3.42. The molecule has 0 aliphatic heterocycles. The lowest BCUT2D eigenvalue weighted by Gasteiger charge is -2.07. The Labute approximate surface area is 208 Å². The maximum absolute atomic E-state index is 11.8. The minimum atomic E-state index is -0.837. The van der Waals surface area contributed by atoms with E-state index in [-0.39, 0.29) is 26.1 Å². The average Bonchev–Trinajstić information content (AvgIpc) is 2.85. The Morgan fingerprint density at radius 3 is 1.25 bits per heavy atom. The standard InChI is InChI=1S/C26H28O10/c1-3-31-19-5-9-21(10-6-19)35-25(29)15-17-33-23(27)13-14-24(28)34-18-16-26(30)36-22-11-7-20(8-12-22)32-4-2/h5-14H,3-4,15-18H2,1-2H3/b14-13-. The summed E-state index contributed by atoms with van der Waals surface area (Å²) >= 11 is 0. The molecule has 0 amide bonds. The molecule has 0 aromatic heterocycles. The molecule has 0 spiro atoms. The second-order valence-corrected chi connectivity index (χ2v) is 6.93. The number of rotatable bonds is 14. The van der Waals surface area contributed by atoms with E-state index in [1.807, 2.05) is 13.8 Å². The van der Waals surface area contributed by atoms with Crippen LogP contribution in [-0.4, -0.2) is 50.3 Å². The van der Waals surface area contributed by atoms with Gasteiger partial charge < -0.3 is 28.4 Å². The third-order valence-corrected chi connectivity index (χ3v) is 4.19. The Bertz CT molecular complexity index is 942. The van der Waals surface area contributed by atoms with Gasteiger partial charge in [-0.3, -0.25) is 9.59 Å². The van der Waals surface area contributed by atoms with Crippen LogP contribution < -0.4 is 18.9 Å². The van der Waals surface area contributed by atoms with Crippen molar-refractivity contribution in [1.29, 1.82) is 0 Å². The Kier molecular flexibility index (Phi) is 12.0. The molecule has 192 valence electrons. The number of ether oxygens (including phenoxy) is 6. The highest BCUT2D eigenvalue weighted by atomic mass is 16.6. The van der Waals surface area contributed by atoms with Crippen LogP contribution in [0.2, 0.25) is 0 Å². The molecule has 0 saturated carbocycles. The van der Waals surface area contributed by atoms with Gasteiger partial charge in [0, 0.05) is 12.2 Å². The van der Waals surface area contributed by atoms with Crippen LogP contribution in [0.5, 0.6) is 23.0 Å². The van der Waals surface area contributed by atoms with Gasteiger partial charge in [0.2, 0.25) is 0 Å². The summed E-state index contributed by atoms with van der Waals surface area (Å²) in [6, 6.07) is 13.0. The van der Waals surface area contributed by atoms with Crippen molar-refractivity contribution >= 4 is 23.9 Å². The van der Waals surface area contributed by atoms with Crippen molar-refractivity contribution in [3.63, 3.8) is 0 Å². The molecule has 0 radical (unpaired) electrons. The van der Waals surface area contributed by atoms with Crippen molar-refractivity contribution in [2.24, 2.45) is 0 Å². The van der Waals surface area contributed by atoms with Crippen LogP contribution in [0.3, 0.4) is 0 Å².